The summed E-state index contributed by atoms with van der Waals surface area (Å²) in [6, 6.07) is 5.87. The van der Waals surface area contributed by atoms with Crippen molar-refractivity contribution in [3.63, 3.8) is 0 Å². The van der Waals surface area contributed by atoms with E-state index in [1.54, 1.807) is 23.7 Å². The van der Waals surface area contributed by atoms with Gasteiger partial charge in [-0.3, -0.25) is 14.7 Å². The van der Waals surface area contributed by atoms with Gasteiger partial charge < -0.3 is 15.1 Å². The second-order valence-corrected chi connectivity index (χ2v) is 8.88. The Hall–Kier alpha value is -3.20. The molecule has 2 aliphatic rings. The van der Waals surface area contributed by atoms with Crippen LogP contribution in [0.2, 0.25) is 0 Å². The fourth-order valence-electron chi connectivity index (χ4n) is 3.64. The van der Waals surface area contributed by atoms with Crippen LogP contribution in [0.1, 0.15) is 22.3 Å². The molecule has 2 aromatic heterocycles. The number of likely N-dealkylation sites (tertiary alicyclic amines) is 2. The van der Waals surface area contributed by atoms with Gasteiger partial charge in [-0.1, -0.05) is 0 Å². The van der Waals surface area contributed by atoms with Crippen molar-refractivity contribution >= 4 is 29.2 Å². The molecule has 2 saturated heterocycles. The molecule has 36 heavy (non-hydrogen) atoms. The number of amides is 1. The lowest BCUT2D eigenvalue weighted by atomic mass is 9.79. The van der Waals surface area contributed by atoms with Crippen LogP contribution in [-0.2, 0) is 16.1 Å². The lowest BCUT2D eigenvalue weighted by molar-refractivity contribution is -0.193. The van der Waals surface area contributed by atoms with Gasteiger partial charge in [0.25, 0.3) is 5.91 Å². The van der Waals surface area contributed by atoms with Crippen LogP contribution in [0.5, 0.6) is 0 Å². The molecule has 4 heterocycles. The normalized spacial score (nSPS) is 16.8. The topological polar surface area (TPSA) is 111 Å². The first-order valence-electron chi connectivity index (χ1n) is 10.2. The number of aromatic nitrogens is 1. The smallest absolute Gasteiger partial charge is 0.475 e. The number of hydrogen-bond acceptors (Lipinski definition) is 6. The monoisotopic (exact) mass is 541 g/mol. The molecule has 0 saturated carbocycles. The Kier molecular flexibility index (Phi) is 9.43. The molecule has 0 unspecified atom stereocenters. The van der Waals surface area contributed by atoms with Crippen molar-refractivity contribution in [2.75, 3.05) is 26.2 Å². The molecule has 15 heteroatoms. The van der Waals surface area contributed by atoms with Crippen LogP contribution in [0.25, 0.3) is 0 Å². The minimum absolute atomic E-state index is 0.120. The van der Waals surface area contributed by atoms with Crippen LogP contribution in [-0.4, -0.2) is 81.4 Å². The van der Waals surface area contributed by atoms with Crippen LogP contribution < -0.4 is 0 Å². The molecule has 4 rings (SSSR count). The third-order valence-electron chi connectivity index (χ3n) is 5.24. The second-order valence-electron chi connectivity index (χ2n) is 8.10. The summed E-state index contributed by atoms with van der Waals surface area (Å²) in [6.45, 7) is 5.08. The van der Waals surface area contributed by atoms with Gasteiger partial charge in [0.05, 0.1) is 5.56 Å². The highest BCUT2D eigenvalue weighted by Crippen LogP contribution is 2.40. The Morgan fingerprint density at radius 1 is 1.00 bits per heavy atom. The van der Waals surface area contributed by atoms with Crippen LogP contribution >= 0.6 is 11.3 Å². The maximum atomic E-state index is 12.4. The SMILES string of the molecule is O=C(O)C(F)(F)F.O=C(O)C(F)(F)F.O=C(c1cccnc1)N1CC2(CCN(Cc3ccsc3)C2)C1. The number of hydrogen-bond donors (Lipinski definition) is 2. The van der Waals surface area contributed by atoms with E-state index in [0.717, 1.165) is 32.7 Å². The molecule has 1 amide bonds. The number of carboxylic acid groups (broad SMARTS) is 2. The number of carbonyl (C=O) groups excluding carboxylic acids is 1. The maximum absolute atomic E-state index is 12.4. The summed E-state index contributed by atoms with van der Waals surface area (Å²) < 4.78 is 63.5. The third-order valence-corrected chi connectivity index (χ3v) is 5.97. The summed E-state index contributed by atoms with van der Waals surface area (Å²) in [5, 5.41) is 18.6. The van der Waals surface area contributed by atoms with Crippen molar-refractivity contribution in [1.82, 2.24) is 14.8 Å². The molecule has 2 fully saturated rings. The minimum Gasteiger partial charge on any atom is -0.475 e. The highest BCUT2D eigenvalue weighted by molar-refractivity contribution is 7.07. The molecule has 2 aliphatic heterocycles. The number of thiophene rings is 1. The van der Waals surface area contributed by atoms with Crippen molar-refractivity contribution in [2.24, 2.45) is 5.41 Å². The van der Waals surface area contributed by atoms with Gasteiger partial charge in [0, 0.05) is 44.0 Å². The predicted molar refractivity (Wildman–Crippen MR) is 114 cm³/mol. The molecule has 0 atom stereocenters. The third kappa shape index (κ3) is 8.48. The number of aliphatic carboxylic acids is 2. The molecular weight excluding hydrogens is 520 g/mol. The van der Waals surface area contributed by atoms with E-state index in [2.05, 4.69) is 26.7 Å². The Labute approximate surface area is 204 Å². The number of rotatable bonds is 3. The van der Waals surface area contributed by atoms with Crippen LogP contribution in [0.15, 0.2) is 41.4 Å². The van der Waals surface area contributed by atoms with Gasteiger partial charge >= 0.3 is 24.3 Å². The van der Waals surface area contributed by atoms with Crippen molar-refractivity contribution in [2.45, 2.75) is 25.3 Å². The zero-order valence-electron chi connectivity index (χ0n) is 18.4. The number of alkyl halides is 6. The van der Waals surface area contributed by atoms with E-state index in [4.69, 9.17) is 19.8 Å². The van der Waals surface area contributed by atoms with Crippen LogP contribution in [0, 0.1) is 5.41 Å². The van der Waals surface area contributed by atoms with Crippen molar-refractivity contribution in [3.8, 4) is 0 Å². The fraction of sp³-hybridized carbons (Fsp3) is 0.429. The number of carbonyl (C=O) groups is 3. The fourth-order valence-corrected chi connectivity index (χ4v) is 4.30. The number of halogens is 6. The number of nitrogens with zero attached hydrogens (tertiary/aromatic N) is 3. The quantitative estimate of drug-likeness (QED) is 0.570. The van der Waals surface area contributed by atoms with Gasteiger partial charge in [-0.05, 0) is 47.5 Å². The summed E-state index contributed by atoms with van der Waals surface area (Å²) in [5.41, 5.74) is 2.43. The zero-order chi connectivity index (χ0) is 27.1. The number of carboxylic acids is 2. The minimum atomic E-state index is -5.08. The standard InChI is InChI=1S/C17H19N3OS.2C2HF3O2/c21-16(15-2-1-5-18-8-15)20-12-17(13-20)4-6-19(11-17)9-14-3-7-22-10-14;2*3-2(4,5)1(6)7/h1-3,5,7-8,10H,4,6,9,11-13H2;2*(H,6,7). The van der Waals surface area contributed by atoms with E-state index in [9.17, 15) is 31.1 Å². The average molecular weight is 541 g/mol. The molecule has 2 aromatic rings. The number of pyridine rings is 1. The molecule has 1 spiro atoms. The molecule has 2 N–H and O–H groups in total. The van der Waals surface area contributed by atoms with E-state index in [-0.39, 0.29) is 5.91 Å². The summed E-state index contributed by atoms with van der Waals surface area (Å²) in [6.07, 6.45) is -5.60. The Balaban J connectivity index is 0.000000271. The van der Waals surface area contributed by atoms with E-state index >= 15 is 0 Å². The van der Waals surface area contributed by atoms with Gasteiger partial charge in [-0.15, -0.1) is 0 Å². The van der Waals surface area contributed by atoms with Crippen molar-refractivity contribution < 1.29 is 50.9 Å². The molecule has 0 radical (unpaired) electrons. The highest BCUT2D eigenvalue weighted by atomic mass is 32.1. The van der Waals surface area contributed by atoms with Crippen LogP contribution in [0.3, 0.4) is 0 Å². The first kappa shape index (κ1) is 29.0. The second kappa shape index (κ2) is 11.7. The molecule has 0 aromatic carbocycles. The largest absolute Gasteiger partial charge is 0.490 e. The van der Waals surface area contributed by atoms with Gasteiger partial charge in [0.1, 0.15) is 0 Å². The maximum Gasteiger partial charge on any atom is 0.490 e. The Morgan fingerprint density at radius 2 is 1.58 bits per heavy atom. The molecule has 8 nitrogen and oxygen atoms in total. The lowest BCUT2D eigenvalue weighted by Crippen LogP contribution is -2.59. The summed E-state index contributed by atoms with van der Waals surface area (Å²) in [4.78, 5) is 38.7. The predicted octanol–water partition coefficient (Wildman–Crippen LogP) is 3.76. The van der Waals surface area contributed by atoms with Crippen molar-refractivity contribution in [1.29, 1.82) is 0 Å². The van der Waals surface area contributed by atoms with E-state index in [1.165, 1.54) is 12.0 Å². The molecule has 0 aliphatic carbocycles. The highest BCUT2D eigenvalue weighted by Gasteiger charge is 2.49. The summed E-state index contributed by atoms with van der Waals surface area (Å²) >= 11 is 1.76. The average Bonchev–Trinajstić information content (AvgIpc) is 3.43. The van der Waals surface area contributed by atoms with E-state index < -0.39 is 24.3 Å². The molecular formula is C21H21F6N3O5S. The van der Waals surface area contributed by atoms with E-state index in [1.807, 2.05) is 17.0 Å². The first-order chi connectivity index (χ1) is 16.6. The van der Waals surface area contributed by atoms with Crippen LogP contribution in [0.4, 0.5) is 26.3 Å². The lowest BCUT2D eigenvalue weighted by Gasteiger charge is -2.48. The summed E-state index contributed by atoms with van der Waals surface area (Å²) in [7, 11) is 0. The Bertz CT molecular complexity index is 1000. The first-order valence-corrected chi connectivity index (χ1v) is 11.1. The summed E-state index contributed by atoms with van der Waals surface area (Å²) in [5.74, 6) is -5.39. The molecule has 198 valence electrons. The van der Waals surface area contributed by atoms with Gasteiger partial charge in [0.2, 0.25) is 0 Å². The van der Waals surface area contributed by atoms with E-state index in [0.29, 0.717) is 11.0 Å². The van der Waals surface area contributed by atoms with Gasteiger partial charge in [0.15, 0.2) is 0 Å². The molecule has 0 bridgehead atoms. The van der Waals surface area contributed by atoms with Gasteiger partial charge in [-0.25, -0.2) is 9.59 Å². The zero-order valence-corrected chi connectivity index (χ0v) is 19.2. The van der Waals surface area contributed by atoms with Gasteiger partial charge in [-0.2, -0.15) is 37.7 Å². The Morgan fingerprint density at radius 3 is 2.03 bits per heavy atom. The van der Waals surface area contributed by atoms with Crippen molar-refractivity contribution in [3.05, 3.63) is 52.5 Å².